The van der Waals surface area contributed by atoms with Crippen LogP contribution in [0, 0.1) is 0 Å². The van der Waals surface area contributed by atoms with Gasteiger partial charge in [-0.3, -0.25) is 9.48 Å². The molecule has 2 heterocycles. The fourth-order valence-corrected chi connectivity index (χ4v) is 3.57. The average molecular weight is 350 g/mol. The van der Waals surface area contributed by atoms with Gasteiger partial charge in [0, 0.05) is 31.6 Å². The lowest BCUT2D eigenvalue weighted by Gasteiger charge is -2.14. The largest absolute Gasteiger partial charge is 0.394 e. The first-order valence-electron chi connectivity index (χ1n) is 8.93. The van der Waals surface area contributed by atoms with Crippen molar-refractivity contribution < 1.29 is 9.90 Å². The Bertz CT molecular complexity index is 943. The van der Waals surface area contributed by atoms with Crippen molar-refractivity contribution in [3.8, 4) is 0 Å². The molecule has 0 unspecified atom stereocenters. The van der Waals surface area contributed by atoms with Gasteiger partial charge < -0.3 is 15.7 Å². The van der Waals surface area contributed by atoms with Gasteiger partial charge in [-0.25, -0.2) is 0 Å². The van der Waals surface area contributed by atoms with E-state index in [1.54, 1.807) is 4.68 Å². The van der Waals surface area contributed by atoms with E-state index in [2.05, 4.69) is 33.9 Å². The summed E-state index contributed by atoms with van der Waals surface area (Å²) in [7, 11) is 0. The lowest BCUT2D eigenvalue weighted by atomic mass is 10.0. The molecule has 0 spiro atoms. The van der Waals surface area contributed by atoms with E-state index in [-0.39, 0.29) is 12.5 Å². The summed E-state index contributed by atoms with van der Waals surface area (Å²) in [5.41, 5.74) is 3.53. The van der Waals surface area contributed by atoms with Crippen LogP contribution in [0.25, 0.3) is 10.8 Å². The summed E-state index contributed by atoms with van der Waals surface area (Å²) < 4.78 is 1.64. The predicted octanol–water partition coefficient (Wildman–Crippen LogP) is 1.60. The molecule has 0 saturated heterocycles. The maximum Gasteiger partial charge on any atom is 0.270 e. The Hall–Kier alpha value is -2.70. The summed E-state index contributed by atoms with van der Waals surface area (Å²) in [5.74, 6) is -0.149. The number of benzene rings is 2. The first-order valence-corrected chi connectivity index (χ1v) is 8.93. The van der Waals surface area contributed by atoms with Crippen molar-refractivity contribution in [2.75, 3.05) is 13.2 Å². The molecule has 1 aliphatic rings. The highest BCUT2D eigenvalue weighted by atomic mass is 16.3. The Balaban J connectivity index is 1.59. The highest BCUT2D eigenvalue weighted by Gasteiger charge is 2.24. The van der Waals surface area contributed by atoms with E-state index in [4.69, 9.17) is 0 Å². The Morgan fingerprint density at radius 2 is 2.08 bits per heavy atom. The summed E-state index contributed by atoms with van der Waals surface area (Å²) in [4.78, 5) is 12.9. The van der Waals surface area contributed by atoms with Crippen LogP contribution in [0.2, 0.25) is 0 Å². The first-order chi connectivity index (χ1) is 12.8. The molecule has 3 aromatic rings. The molecular weight excluding hydrogens is 328 g/mol. The minimum Gasteiger partial charge on any atom is -0.394 e. The Labute approximate surface area is 151 Å². The second-order valence-electron chi connectivity index (χ2n) is 6.47. The fourth-order valence-electron chi connectivity index (χ4n) is 3.57. The summed E-state index contributed by atoms with van der Waals surface area (Å²) in [6, 6.07) is 14.3. The number of hydrogen-bond acceptors (Lipinski definition) is 4. The summed E-state index contributed by atoms with van der Waals surface area (Å²) >= 11 is 0. The van der Waals surface area contributed by atoms with E-state index in [9.17, 15) is 9.90 Å². The minimum atomic E-state index is -0.149. The minimum absolute atomic E-state index is 0.0441. The van der Waals surface area contributed by atoms with Crippen LogP contribution in [0.3, 0.4) is 0 Å². The van der Waals surface area contributed by atoms with E-state index in [0.717, 1.165) is 40.6 Å². The first kappa shape index (κ1) is 16.8. The molecule has 0 atom stereocenters. The zero-order chi connectivity index (χ0) is 17.9. The molecule has 0 aliphatic carbocycles. The second kappa shape index (κ2) is 7.27. The van der Waals surface area contributed by atoms with Crippen LogP contribution in [0.15, 0.2) is 42.5 Å². The van der Waals surface area contributed by atoms with Crippen molar-refractivity contribution in [2.24, 2.45) is 0 Å². The molecule has 6 heteroatoms. The molecule has 6 nitrogen and oxygen atoms in total. The van der Waals surface area contributed by atoms with Crippen molar-refractivity contribution >= 4 is 16.7 Å². The highest BCUT2D eigenvalue weighted by Crippen LogP contribution is 2.20. The van der Waals surface area contributed by atoms with Gasteiger partial charge in [0.1, 0.15) is 5.69 Å². The van der Waals surface area contributed by atoms with Crippen LogP contribution < -0.4 is 10.6 Å². The number of aliphatic hydroxyl groups excluding tert-OH is 1. The molecule has 1 aliphatic heterocycles. The lowest BCUT2D eigenvalue weighted by Crippen LogP contribution is -2.29. The molecule has 134 valence electrons. The van der Waals surface area contributed by atoms with Crippen LogP contribution in [-0.4, -0.2) is 33.9 Å². The van der Waals surface area contributed by atoms with Crippen molar-refractivity contribution in [3.05, 3.63) is 65.0 Å². The zero-order valence-electron chi connectivity index (χ0n) is 14.5. The van der Waals surface area contributed by atoms with Gasteiger partial charge in [-0.05, 0) is 16.3 Å². The Kier molecular flexibility index (Phi) is 4.69. The van der Waals surface area contributed by atoms with Gasteiger partial charge in [0.2, 0.25) is 0 Å². The fraction of sp³-hybridized carbons (Fsp3) is 0.300. The monoisotopic (exact) mass is 350 g/mol. The summed E-state index contributed by atoms with van der Waals surface area (Å²) in [5, 5.41) is 22.5. The molecule has 0 fully saturated rings. The topological polar surface area (TPSA) is 79.2 Å². The normalized spacial score (nSPS) is 13.6. The number of rotatable bonds is 5. The smallest absolute Gasteiger partial charge is 0.270 e. The van der Waals surface area contributed by atoms with Gasteiger partial charge in [0.25, 0.3) is 5.91 Å². The van der Waals surface area contributed by atoms with E-state index in [1.807, 2.05) is 24.3 Å². The van der Waals surface area contributed by atoms with E-state index in [0.29, 0.717) is 25.3 Å². The van der Waals surface area contributed by atoms with E-state index < -0.39 is 0 Å². The third kappa shape index (κ3) is 3.09. The van der Waals surface area contributed by atoms with Gasteiger partial charge in [0.05, 0.1) is 18.8 Å². The molecule has 1 aromatic heterocycles. The molecule has 4 rings (SSSR count). The Morgan fingerprint density at radius 3 is 2.96 bits per heavy atom. The SMILES string of the molecule is O=C(NCc1cccc2ccccc12)c1c2c(nn1CCO)CCNC2. The van der Waals surface area contributed by atoms with Crippen LogP contribution in [-0.2, 0) is 26.1 Å². The Morgan fingerprint density at radius 1 is 1.23 bits per heavy atom. The third-order valence-corrected chi connectivity index (χ3v) is 4.82. The maximum atomic E-state index is 12.9. The number of fused-ring (bicyclic) bond motifs is 2. The highest BCUT2D eigenvalue weighted by molar-refractivity contribution is 5.95. The number of carbonyl (C=O) groups excluding carboxylic acids is 1. The van der Waals surface area contributed by atoms with Crippen molar-refractivity contribution in [1.29, 1.82) is 0 Å². The number of amides is 1. The molecule has 1 amide bonds. The molecular formula is C20H22N4O2. The van der Waals surface area contributed by atoms with E-state index in [1.165, 1.54) is 0 Å². The molecule has 3 N–H and O–H groups in total. The number of aromatic nitrogens is 2. The molecule has 2 aromatic carbocycles. The average Bonchev–Trinajstić information content (AvgIpc) is 3.04. The number of nitrogens with one attached hydrogen (secondary N) is 2. The number of carbonyl (C=O) groups is 1. The van der Waals surface area contributed by atoms with Crippen molar-refractivity contribution in [1.82, 2.24) is 20.4 Å². The van der Waals surface area contributed by atoms with Gasteiger partial charge >= 0.3 is 0 Å². The van der Waals surface area contributed by atoms with Crippen molar-refractivity contribution in [3.63, 3.8) is 0 Å². The maximum absolute atomic E-state index is 12.9. The quantitative estimate of drug-likeness (QED) is 0.653. The molecule has 26 heavy (non-hydrogen) atoms. The predicted molar refractivity (Wildman–Crippen MR) is 99.8 cm³/mol. The van der Waals surface area contributed by atoms with Gasteiger partial charge in [-0.1, -0.05) is 42.5 Å². The van der Waals surface area contributed by atoms with Gasteiger partial charge in [-0.15, -0.1) is 0 Å². The van der Waals surface area contributed by atoms with Crippen molar-refractivity contribution in [2.45, 2.75) is 26.1 Å². The summed E-state index contributed by atoms with van der Waals surface area (Å²) in [6.45, 7) is 2.23. The second-order valence-corrected chi connectivity index (χ2v) is 6.47. The summed E-state index contributed by atoms with van der Waals surface area (Å²) in [6.07, 6.45) is 0.803. The third-order valence-electron chi connectivity index (χ3n) is 4.82. The van der Waals surface area contributed by atoms with Crippen LogP contribution in [0.1, 0.15) is 27.3 Å². The molecule has 0 radical (unpaired) electrons. The number of nitrogens with zero attached hydrogens (tertiary/aromatic N) is 2. The van der Waals surface area contributed by atoms with Crippen LogP contribution in [0.4, 0.5) is 0 Å². The number of hydrogen-bond donors (Lipinski definition) is 3. The van der Waals surface area contributed by atoms with Crippen LogP contribution >= 0.6 is 0 Å². The molecule has 0 bridgehead atoms. The lowest BCUT2D eigenvalue weighted by molar-refractivity contribution is 0.0937. The van der Waals surface area contributed by atoms with Gasteiger partial charge in [0.15, 0.2) is 0 Å². The standard InChI is InChI=1S/C20H22N4O2/c25-11-10-24-19(17-13-21-9-8-18(17)23-24)20(26)22-12-15-6-3-5-14-4-1-2-7-16(14)15/h1-7,21,25H,8-13H2,(H,22,26). The van der Waals surface area contributed by atoms with E-state index >= 15 is 0 Å². The molecule has 0 saturated carbocycles. The van der Waals surface area contributed by atoms with Crippen LogP contribution in [0.5, 0.6) is 0 Å². The number of aliphatic hydroxyl groups is 1. The van der Waals surface area contributed by atoms with Gasteiger partial charge in [-0.2, -0.15) is 5.10 Å². The zero-order valence-corrected chi connectivity index (χ0v) is 14.5.